The highest BCUT2D eigenvalue weighted by Gasteiger charge is 2.35. The predicted octanol–water partition coefficient (Wildman–Crippen LogP) is 1.02. The van der Waals surface area contributed by atoms with Crippen LogP contribution in [-0.2, 0) is 20.7 Å². The van der Waals surface area contributed by atoms with Crippen molar-refractivity contribution >= 4 is 23.6 Å². The number of amides is 1. The van der Waals surface area contributed by atoms with Gasteiger partial charge in [-0.15, -0.1) is 11.8 Å². The molecule has 0 saturated carbocycles. The zero-order valence-electron chi connectivity index (χ0n) is 10.8. The molecule has 1 aromatic rings. The van der Waals surface area contributed by atoms with Gasteiger partial charge < -0.3 is 14.7 Å². The maximum Gasteiger partial charge on any atom is 0.334 e. The normalized spacial score (nSPS) is 25.3. The molecule has 0 spiro atoms. The smallest absolute Gasteiger partial charge is 0.334 e. The molecule has 1 fully saturated rings. The number of fused-ring (bicyclic) bond motifs is 1. The third-order valence-electron chi connectivity index (χ3n) is 3.58. The van der Waals surface area contributed by atoms with E-state index in [-0.39, 0.29) is 24.3 Å². The van der Waals surface area contributed by atoms with Crippen LogP contribution in [0.15, 0.2) is 29.2 Å². The van der Waals surface area contributed by atoms with E-state index >= 15 is 0 Å². The van der Waals surface area contributed by atoms with Gasteiger partial charge in [0.15, 0.2) is 6.10 Å². The number of morpholine rings is 1. The maximum absolute atomic E-state index is 12.5. The van der Waals surface area contributed by atoms with Crippen molar-refractivity contribution in [3.8, 4) is 0 Å². The first kappa shape index (κ1) is 13.5. The topological polar surface area (TPSA) is 66.8 Å². The van der Waals surface area contributed by atoms with Crippen molar-refractivity contribution < 1.29 is 19.4 Å². The van der Waals surface area contributed by atoms with Gasteiger partial charge >= 0.3 is 5.97 Å². The number of hydrogen-bond donors (Lipinski definition) is 1. The third kappa shape index (κ3) is 2.53. The minimum absolute atomic E-state index is 0.0146. The van der Waals surface area contributed by atoms with E-state index in [4.69, 9.17) is 9.84 Å². The van der Waals surface area contributed by atoms with E-state index in [1.807, 2.05) is 24.3 Å². The Labute approximate surface area is 120 Å². The predicted molar refractivity (Wildman–Crippen MR) is 73.7 cm³/mol. The highest BCUT2D eigenvalue weighted by atomic mass is 32.2. The Hall–Kier alpha value is -1.53. The van der Waals surface area contributed by atoms with Crippen LogP contribution in [0.1, 0.15) is 5.56 Å². The van der Waals surface area contributed by atoms with E-state index in [0.717, 1.165) is 11.3 Å². The zero-order valence-corrected chi connectivity index (χ0v) is 11.6. The van der Waals surface area contributed by atoms with Crippen molar-refractivity contribution in [1.82, 2.24) is 4.90 Å². The van der Waals surface area contributed by atoms with Crippen LogP contribution < -0.4 is 0 Å². The van der Waals surface area contributed by atoms with Crippen LogP contribution in [0, 0.1) is 0 Å². The van der Waals surface area contributed by atoms with Crippen LogP contribution in [0.4, 0.5) is 0 Å². The van der Waals surface area contributed by atoms with E-state index in [9.17, 15) is 9.59 Å². The average Bonchev–Trinajstić information content (AvgIpc) is 2.90. The van der Waals surface area contributed by atoms with E-state index in [2.05, 4.69) is 0 Å². The number of hydrogen-bond acceptors (Lipinski definition) is 4. The molecule has 5 nitrogen and oxygen atoms in total. The lowest BCUT2D eigenvalue weighted by Crippen LogP contribution is -2.50. The molecule has 106 valence electrons. The minimum Gasteiger partial charge on any atom is -0.479 e. The second-order valence-corrected chi connectivity index (χ2v) is 6.14. The van der Waals surface area contributed by atoms with E-state index in [1.54, 1.807) is 16.7 Å². The number of carboxylic acids is 1. The lowest BCUT2D eigenvalue weighted by atomic mass is 10.1. The average molecular weight is 293 g/mol. The second kappa shape index (κ2) is 5.46. The fourth-order valence-electron chi connectivity index (χ4n) is 2.52. The molecule has 1 amide bonds. The van der Waals surface area contributed by atoms with Crippen molar-refractivity contribution in [2.75, 3.05) is 19.7 Å². The first-order chi connectivity index (χ1) is 9.65. The van der Waals surface area contributed by atoms with Gasteiger partial charge in [-0.2, -0.15) is 0 Å². The molecule has 0 bridgehead atoms. The van der Waals surface area contributed by atoms with Crippen LogP contribution in [-0.4, -0.2) is 52.9 Å². The van der Waals surface area contributed by atoms with Crippen LogP contribution in [0.5, 0.6) is 0 Å². The number of benzene rings is 1. The fraction of sp³-hybridized carbons (Fsp3) is 0.429. The molecule has 3 rings (SSSR count). The largest absolute Gasteiger partial charge is 0.479 e. The number of rotatable bonds is 2. The summed E-state index contributed by atoms with van der Waals surface area (Å²) >= 11 is 1.57. The summed E-state index contributed by atoms with van der Waals surface area (Å²) in [4.78, 5) is 26.2. The molecule has 2 heterocycles. The molecule has 2 atom stereocenters. The molecule has 1 saturated heterocycles. The van der Waals surface area contributed by atoms with Gasteiger partial charge in [0.2, 0.25) is 5.91 Å². The standard InChI is InChI=1S/C14H15NO4S/c16-13(15-5-6-19-10(8-15)14(17)18)12-7-9-3-1-2-4-11(9)20-12/h1-4,10,12H,5-8H2,(H,17,18). The molecule has 2 aliphatic rings. The Balaban J connectivity index is 1.67. The number of ether oxygens (including phenoxy) is 1. The van der Waals surface area contributed by atoms with E-state index in [0.29, 0.717) is 6.54 Å². The molecule has 1 aromatic carbocycles. The molecule has 0 aromatic heterocycles. The van der Waals surface area contributed by atoms with Crippen LogP contribution in [0.3, 0.4) is 0 Å². The van der Waals surface area contributed by atoms with Gasteiger partial charge in [0, 0.05) is 11.4 Å². The van der Waals surface area contributed by atoms with E-state index < -0.39 is 12.1 Å². The molecular formula is C14H15NO4S. The summed E-state index contributed by atoms with van der Waals surface area (Å²) in [5.41, 5.74) is 1.19. The summed E-state index contributed by atoms with van der Waals surface area (Å²) in [5, 5.41) is 8.84. The minimum atomic E-state index is -1.01. The van der Waals surface area contributed by atoms with Crippen LogP contribution in [0.25, 0.3) is 0 Å². The molecule has 1 N–H and O–H groups in total. The molecule has 0 aliphatic carbocycles. The van der Waals surface area contributed by atoms with Crippen molar-refractivity contribution in [2.24, 2.45) is 0 Å². The van der Waals surface area contributed by atoms with Gasteiger partial charge in [0.25, 0.3) is 0 Å². The molecule has 0 radical (unpaired) electrons. The molecule has 6 heteroatoms. The van der Waals surface area contributed by atoms with Gasteiger partial charge in [-0.05, 0) is 18.1 Å². The van der Waals surface area contributed by atoms with E-state index in [1.165, 1.54) is 5.56 Å². The van der Waals surface area contributed by atoms with Crippen LogP contribution >= 0.6 is 11.8 Å². The van der Waals surface area contributed by atoms with Crippen molar-refractivity contribution in [3.63, 3.8) is 0 Å². The lowest BCUT2D eigenvalue weighted by molar-refractivity contribution is -0.159. The van der Waals surface area contributed by atoms with Gasteiger partial charge in [-0.1, -0.05) is 18.2 Å². The first-order valence-corrected chi connectivity index (χ1v) is 7.41. The van der Waals surface area contributed by atoms with Crippen molar-refractivity contribution in [1.29, 1.82) is 0 Å². The quantitative estimate of drug-likeness (QED) is 0.881. The summed E-state index contributed by atoms with van der Waals surface area (Å²) in [6.45, 7) is 0.893. The number of thioether (sulfide) groups is 1. The number of carbonyl (C=O) groups excluding carboxylic acids is 1. The van der Waals surface area contributed by atoms with Crippen LogP contribution in [0.2, 0.25) is 0 Å². The zero-order chi connectivity index (χ0) is 14.1. The highest BCUT2D eigenvalue weighted by molar-refractivity contribution is 8.01. The Morgan fingerprint density at radius 2 is 2.15 bits per heavy atom. The molecule has 20 heavy (non-hydrogen) atoms. The highest BCUT2D eigenvalue weighted by Crippen LogP contribution is 2.37. The Bertz CT molecular complexity index is 523. The summed E-state index contributed by atoms with van der Waals surface area (Å²) < 4.78 is 5.14. The van der Waals surface area contributed by atoms with Gasteiger partial charge in [-0.3, -0.25) is 4.79 Å². The van der Waals surface area contributed by atoms with Gasteiger partial charge in [-0.25, -0.2) is 4.79 Å². The van der Waals surface area contributed by atoms with Gasteiger partial charge in [0.05, 0.1) is 18.4 Å². The summed E-state index contributed by atoms with van der Waals surface area (Å²) in [6.07, 6.45) is -0.184. The number of nitrogens with zero attached hydrogens (tertiary/aromatic N) is 1. The Morgan fingerprint density at radius 3 is 2.90 bits per heavy atom. The van der Waals surface area contributed by atoms with Crippen molar-refractivity contribution in [3.05, 3.63) is 29.8 Å². The fourth-order valence-corrected chi connectivity index (χ4v) is 3.80. The third-order valence-corrected chi connectivity index (χ3v) is 4.88. The summed E-state index contributed by atoms with van der Waals surface area (Å²) in [6, 6.07) is 8.00. The van der Waals surface area contributed by atoms with Gasteiger partial charge in [0.1, 0.15) is 0 Å². The Morgan fingerprint density at radius 1 is 1.35 bits per heavy atom. The molecule has 2 aliphatic heterocycles. The first-order valence-electron chi connectivity index (χ1n) is 6.53. The monoisotopic (exact) mass is 293 g/mol. The Kier molecular flexibility index (Phi) is 3.67. The molecule has 2 unspecified atom stereocenters. The maximum atomic E-state index is 12.5. The SMILES string of the molecule is O=C(O)C1CN(C(=O)C2Cc3ccccc3S2)CCO1. The number of carboxylic acid groups (broad SMARTS) is 1. The molecular weight excluding hydrogens is 278 g/mol. The summed E-state index contributed by atoms with van der Waals surface area (Å²) in [5.74, 6) is -0.995. The summed E-state index contributed by atoms with van der Waals surface area (Å²) in [7, 11) is 0. The lowest BCUT2D eigenvalue weighted by Gasteiger charge is -2.32. The second-order valence-electron chi connectivity index (χ2n) is 4.90. The van der Waals surface area contributed by atoms with Crippen molar-refractivity contribution in [2.45, 2.75) is 22.7 Å². The number of carbonyl (C=O) groups is 2. The number of aliphatic carboxylic acids is 1.